The molecule has 82 valence electrons. The Hall–Kier alpha value is -1.38. The fraction of sp³-hybridized carbons (Fsp3) is 0.500. The molecule has 0 aromatic carbocycles. The summed E-state index contributed by atoms with van der Waals surface area (Å²) in [5.74, 6) is -0.0158. The van der Waals surface area contributed by atoms with E-state index in [1.165, 1.54) is 0 Å². The third-order valence-electron chi connectivity index (χ3n) is 2.33. The minimum Gasteiger partial charge on any atom is -0.350 e. The first-order chi connectivity index (χ1) is 7.02. The molecule has 1 N–H and O–H groups in total. The molecular weight excluding hydrogens is 188 g/mol. The lowest BCUT2D eigenvalue weighted by molar-refractivity contribution is 0.0939. The molecule has 0 aliphatic carbocycles. The quantitative estimate of drug-likeness (QED) is 0.824. The van der Waals surface area contributed by atoms with E-state index < -0.39 is 0 Å². The first-order valence-corrected chi connectivity index (χ1v) is 5.29. The van der Waals surface area contributed by atoms with E-state index in [2.05, 4.69) is 10.3 Å². The van der Waals surface area contributed by atoms with Crippen LogP contribution in [-0.4, -0.2) is 16.9 Å². The fourth-order valence-corrected chi connectivity index (χ4v) is 1.37. The highest BCUT2D eigenvalue weighted by molar-refractivity contribution is 5.94. The Bertz CT molecular complexity index is 340. The van der Waals surface area contributed by atoms with Gasteiger partial charge >= 0.3 is 0 Å². The van der Waals surface area contributed by atoms with Crippen molar-refractivity contribution in [2.24, 2.45) is 0 Å². The van der Waals surface area contributed by atoms with Gasteiger partial charge in [0.25, 0.3) is 5.91 Å². The number of carbonyl (C=O) groups excluding carboxylic acids is 1. The van der Waals surface area contributed by atoms with E-state index >= 15 is 0 Å². The molecule has 1 heterocycles. The summed E-state index contributed by atoms with van der Waals surface area (Å²) in [5, 5.41) is 2.93. The van der Waals surface area contributed by atoms with Gasteiger partial charge in [0.15, 0.2) is 0 Å². The van der Waals surface area contributed by atoms with Crippen LogP contribution in [0.2, 0.25) is 0 Å². The predicted octanol–water partition coefficient (Wildman–Crippen LogP) is 2.23. The molecule has 0 saturated carbocycles. The van der Waals surface area contributed by atoms with Crippen LogP contribution < -0.4 is 5.32 Å². The summed E-state index contributed by atoms with van der Waals surface area (Å²) in [6.45, 7) is 7.84. The first kappa shape index (κ1) is 11.7. The molecule has 1 unspecified atom stereocenters. The third-order valence-corrected chi connectivity index (χ3v) is 2.33. The van der Waals surface area contributed by atoms with Gasteiger partial charge in [-0.25, -0.2) is 0 Å². The molecule has 1 aromatic heterocycles. The zero-order valence-corrected chi connectivity index (χ0v) is 9.79. The highest BCUT2D eigenvalue weighted by atomic mass is 16.1. The van der Waals surface area contributed by atoms with Crippen molar-refractivity contribution in [3.05, 3.63) is 29.1 Å². The van der Waals surface area contributed by atoms with Gasteiger partial charge < -0.3 is 5.32 Å². The first-order valence-electron chi connectivity index (χ1n) is 5.29. The number of pyridine rings is 1. The van der Waals surface area contributed by atoms with Crippen molar-refractivity contribution in [1.29, 1.82) is 0 Å². The van der Waals surface area contributed by atoms with Crippen LogP contribution in [-0.2, 0) is 0 Å². The topological polar surface area (TPSA) is 42.0 Å². The van der Waals surface area contributed by atoms with Crippen LogP contribution in [0.15, 0.2) is 12.1 Å². The molecular formula is C12H18N2O. The largest absolute Gasteiger partial charge is 0.350 e. The van der Waals surface area contributed by atoms with Gasteiger partial charge in [-0.3, -0.25) is 9.78 Å². The molecule has 1 rings (SSSR count). The van der Waals surface area contributed by atoms with E-state index in [4.69, 9.17) is 0 Å². The molecule has 0 bridgehead atoms. The van der Waals surface area contributed by atoms with Crippen molar-refractivity contribution in [3.8, 4) is 0 Å². The van der Waals surface area contributed by atoms with Crippen molar-refractivity contribution in [3.63, 3.8) is 0 Å². The van der Waals surface area contributed by atoms with Crippen LogP contribution in [0.3, 0.4) is 0 Å². The van der Waals surface area contributed by atoms with E-state index in [-0.39, 0.29) is 11.9 Å². The number of hydrogen-bond donors (Lipinski definition) is 1. The maximum atomic E-state index is 11.8. The second-order valence-corrected chi connectivity index (χ2v) is 3.92. The Morgan fingerprint density at radius 2 is 1.93 bits per heavy atom. The smallest absolute Gasteiger partial charge is 0.251 e. The number of aromatic nitrogens is 1. The third kappa shape index (κ3) is 3.35. The maximum Gasteiger partial charge on any atom is 0.251 e. The molecule has 0 radical (unpaired) electrons. The number of nitrogens with zero attached hydrogens (tertiary/aromatic N) is 1. The van der Waals surface area contributed by atoms with Crippen LogP contribution in [0.25, 0.3) is 0 Å². The molecule has 0 saturated heterocycles. The minimum absolute atomic E-state index is 0.0158. The number of nitrogens with one attached hydrogen (secondary N) is 1. The van der Waals surface area contributed by atoms with Gasteiger partial charge in [0, 0.05) is 23.0 Å². The number of rotatable bonds is 3. The number of amides is 1. The van der Waals surface area contributed by atoms with Crippen LogP contribution in [0.4, 0.5) is 0 Å². The summed E-state index contributed by atoms with van der Waals surface area (Å²) in [6.07, 6.45) is 0.939. The molecule has 1 aromatic rings. The summed E-state index contributed by atoms with van der Waals surface area (Å²) in [7, 11) is 0. The summed E-state index contributed by atoms with van der Waals surface area (Å²) in [6, 6.07) is 3.83. The van der Waals surface area contributed by atoms with Crippen LogP contribution in [0, 0.1) is 13.8 Å². The Kier molecular flexibility index (Phi) is 3.83. The van der Waals surface area contributed by atoms with E-state index in [1.54, 1.807) is 0 Å². The van der Waals surface area contributed by atoms with E-state index in [0.29, 0.717) is 5.56 Å². The highest BCUT2D eigenvalue weighted by Crippen LogP contribution is 2.05. The average molecular weight is 206 g/mol. The summed E-state index contributed by atoms with van der Waals surface area (Å²) >= 11 is 0. The van der Waals surface area contributed by atoms with Crippen molar-refractivity contribution in [2.45, 2.75) is 40.2 Å². The summed E-state index contributed by atoms with van der Waals surface area (Å²) in [5.41, 5.74) is 2.45. The minimum atomic E-state index is -0.0158. The Labute approximate surface area is 90.9 Å². The molecule has 3 heteroatoms. The second-order valence-electron chi connectivity index (χ2n) is 3.92. The lowest BCUT2D eigenvalue weighted by atomic mass is 10.1. The number of carbonyl (C=O) groups is 1. The maximum absolute atomic E-state index is 11.8. The lowest BCUT2D eigenvalue weighted by Gasteiger charge is -2.11. The van der Waals surface area contributed by atoms with Crippen LogP contribution >= 0.6 is 0 Å². The lowest BCUT2D eigenvalue weighted by Crippen LogP contribution is -2.32. The molecule has 0 fully saturated rings. The Morgan fingerprint density at radius 3 is 2.40 bits per heavy atom. The normalized spacial score (nSPS) is 12.3. The number of hydrogen-bond acceptors (Lipinski definition) is 2. The average Bonchev–Trinajstić information content (AvgIpc) is 2.16. The van der Waals surface area contributed by atoms with Gasteiger partial charge in [0.2, 0.25) is 0 Å². The summed E-state index contributed by atoms with van der Waals surface area (Å²) in [4.78, 5) is 16.0. The molecule has 3 nitrogen and oxygen atoms in total. The Morgan fingerprint density at radius 1 is 1.40 bits per heavy atom. The van der Waals surface area contributed by atoms with Gasteiger partial charge in [-0.1, -0.05) is 6.92 Å². The SMILES string of the molecule is CCC(C)NC(=O)c1cc(C)nc(C)c1. The predicted molar refractivity (Wildman–Crippen MR) is 60.9 cm³/mol. The molecule has 1 amide bonds. The van der Waals surface area contributed by atoms with Crippen molar-refractivity contribution >= 4 is 5.91 Å². The highest BCUT2D eigenvalue weighted by Gasteiger charge is 2.09. The molecule has 0 aliphatic heterocycles. The summed E-state index contributed by atoms with van der Waals surface area (Å²) < 4.78 is 0. The standard InChI is InChI=1S/C12H18N2O/c1-5-8(2)14-12(15)11-6-9(3)13-10(4)7-11/h6-8H,5H2,1-4H3,(H,14,15). The van der Waals surface area contributed by atoms with Crippen LogP contribution in [0.1, 0.15) is 42.0 Å². The van der Waals surface area contributed by atoms with Gasteiger partial charge in [-0.15, -0.1) is 0 Å². The van der Waals surface area contributed by atoms with Gasteiger partial charge in [-0.2, -0.15) is 0 Å². The van der Waals surface area contributed by atoms with Crippen molar-refractivity contribution in [1.82, 2.24) is 10.3 Å². The fourth-order valence-electron chi connectivity index (χ4n) is 1.37. The zero-order chi connectivity index (χ0) is 11.4. The van der Waals surface area contributed by atoms with Crippen molar-refractivity contribution in [2.75, 3.05) is 0 Å². The van der Waals surface area contributed by atoms with E-state index in [9.17, 15) is 4.79 Å². The Balaban J connectivity index is 2.82. The van der Waals surface area contributed by atoms with Gasteiger partial charge in [0.05, 0.1) is 0 Å². The number of aryl methyl sites for hydroxylation is 2. The second kappa shape index (κ2) is 4.91. The van der Waals surface area contributed by atoms with Crippen LogP contribution in [0.5, 0.6) is 0 Å². The molecule has 0 aliphatic rings. The zero-order valence-electron chi connectivity index (χ0n) is 9.79. The molecule has 15 heavy (non-hydrogen) atoms. The van der Waals surface area contributed by atoms with Gasteiger partial charge in [0.1, 0.15) is 0 Å². The molecule has 1 atom stereocenters. The monoisotopic (exact) mass is 206 g/mol. The van der Waals surface area contributed by atoms with Gasteiger partial charge in [-0.05, 0) is 39.3 Å². The van der Waals surface area contributed by atoms with Crippen molar-refractivity contribution < 1.29 is 4.79 Å². The molecule has 0 spiro atoms. The van der Waals surface area contributed by atoms with E-state index in [1.807, 2.05) is 39.8 Å². The van der Waals surface area contributed by atoms with E-state index in [0.717, 1.165) is 17.8 Å².